The summed E-state index contributed by atoms with van der Waals surface area (Å²) in [5, 5.41) is 3.60. The molecule has 0 aliphatic heterocycles. The number of alkyl halides is 3. The number of rotatable bonds is 2. The average Bonchev–Trinajstić information content (AvgIpc) is 2.78. The van der Waals surface area contributed by atoms with E-state index in [2.05, 4.69) is 36.4 Å². The van der Waals surface area contributed by atoms with Crippen molar-refractivity contribution < 1.29 is 13.2 Å². The summed E-state index contributed by atoms with van der Waals surface area (Å²) >= 11 is 3.12. The second-order valence-electron chi connectivity index (χ2n) is 3.18. The van der Waals surface area contributed by atoms with Crippen molar-refractivity contribution in [3.8, 4) is 5.82 Å². The average molecular weight is 323 g/mol. The standard InChI is InChI=1S/C8H6BrF3N6/c9-5-2-14-7(17-13)16-6(5)18-3-4(1-15-18)8(10,11)12/h1-3H,13H2,(H,14,16,17). The van der Waals surface area contributed by atoms with E-state index in [1.807, 2.05) is 0 Å². The summed E-state index contributed by atoms with van der Waals surface area (Å²) in [5.74, 6) is 5.33. The Morgan fingerprint density at radius 3 is 2.61 bits per heavy atom. The Kier molecular flexibility index (Phi) is 3.22. The van der Waals surface area contributed by atoms with Crippen LogP contribution in [-0.2, 0) is 6.18 Å². The second kappa shape index (κ2) is 4.53. The molecule has 0 radical (unpaired) electrons. The molecule has 0 aliphatic rings. The van der Waals surface area contributed by atoms with Crippen molar-refractivity contribution in [2.24, 2.45) is 5.84 Å². The second-order valence-corrected chi connectivity index (χ2v) is 4.04. The molecule has 0 aliphatic carbocycles. The van der Waals surface area contributed by atoms with Gasteiger partial charge in [0.25, 0.3) is 0 Å². The van der Waals surface area contributed by atoms with E-state index in [1.165, 1.54) is 6.20 Å². The summed E-state index contributed by atoms with van der Waals surface area (Å²) in [6.07, 6.45) is -1.56. The summed E-state index contributed by atoms with van der Waals surface area (Å²) in [6, 6.07) is 0. The highest BCUT2D eigenvalue weighted by atomic mass is 79.9. The molecule has 0 saturated carbocycles. The third-order valence-corrected chi connectivity index (χ3v) is 2.54. The van der Waals surface area contributed by atoms with Crippen molar-refractivity contribution >= 4 is 21.9 Å². The van der Waals surface area contributed by atoms with Gasteiger partial charge in [0.1, 0.15) is 0 Å². The van der Waals surface area contributed by atoms with Gasteiger partial charge in [-0.3, -0.25) is 5.43 Å². The largest absolute Gasteiger partial charge is 0.419 e. The molecule has 6 nitrogen and oxygen atoms in total. The maximum Gasteiger partial charge on any atom is 0.419 e. The number of hydrogen-bond acceptors (Lipinski definition) is 5. The van der Waals surface area contributed by atoms with E-state index in [1.54, 1.807) is 0 Å². The molecule has 3 N–H and O–H groups in total. The molecule has 0 spiro atoms. The zero-order chi connectivity index (χ0) is 13.3. The Balaban J connectivity index is 2.45. The van der Waals surface area contributed by atoms with Gasteiger partial charge in [0.05, 0.1) is 16.2 Å². The van der Waals surface area contributed by atoms with Gasteiger partial charge >= 0.3 is 6.18 Å². The topological polar surface area (TPSA) is 81.6 Å². The van der Waals surface area contributed by atoms with E-state index in [0.29, 0.717) is 10.7 Å². The summed E-state index contributed by atoms with van der Waals surface area (Å²) in [6.45, 7) is 0. The molecule has 2 aromatic heterocycles. The Bertz CT molecular complexity index is 566. The van der Waals surface area contributed by atoms with E-state index < -0.39 is 11.7 Å². The van der Waals surface area contributed by atoms with Crippen molar-refractivity contribution in [2.45, 2.75) is 6.18 Å². The number of aromatic nitrogens is 4. The number of nitrogens with two attached hydrogens (primary N) is 1. The Morgan fingerprint density at radius 2 is 2.06 bits per heavy atom. The van der Waals surface area contributed by atoms with Crippen LogP contribution in [0.15, 0.2) is 23.1 Å². The molecular weight excluding hydrogens is 317 g/mol. The van der Waals surface area contributed by atoms with Crippen LogP contribution in [0.3, 0.4) is 0 Å². The molecule has 18 heavy (non-hydrogen) atoms. The van der Waals surface area contributed by atoms with E-state index in [-0.39, 0.29) is 11.8 Å². The van der Waals surface area contributed by atoms with Gasteiger partial charge in [-0.05, 0) is 15.9 Å². The maximum atomic E-state index is 12.4. The van der Waals surface area contributed by atoms with E-state index >= 15 is 0 Å². The summed E-state index contributed by atoms with van der Waals surface area (Å²) < 4.78 is 38.7. The predicted octanol–water partition coefficient (Wildman–Crippen LogP) is 1.73. The zero-order valence-electron chi connectivity index (χ0n) is 8.61. The lowest BCUT2D eigenvalue weighted by Crippen LogP contribution is -2.12. The Labute approximate surface area is 107 Å². The molecule has 2 aromatic rings. The lowest BCUT2D eigenvalue weighted by molar-refractivity contribution is -0.137. The summed E-state index contributed by atoms with van der Waals surface area (Å²) in [7, 11) is 0. The number of nitrogens with one attached hydrogen (secondary N) is 1. The van der Waals surface area contributed by atoms with Gasteiger partial charge in [-0.2, -0.15) is 23.3 Å². The van der Waals surface area contributed by atoms with E-state index in [4.69, 9.17) is 5.84 Å². The van der Waals surface area contributed by atoms with Gasteiger partial charge in [0.2, 0.25) is 5.95 Å². The molecule has 0 aromatic carbocycles. The van der Waals surface area contributed by atoms with Crippen LogP contribution in [0.25, 0.3) is 5.82 Å². The van der Waals surface area contributed by atoms with Crippen LogP contribution in [0.2, 0.25) is 0 Å². The minimum Gasteiger partial charge on any atom is -0.292 e. The number of anilines is 1. The van der Waals surface area contributed by atoms with Crippen LogP contribution in [0.4, 0.5) is 19.1 Å². The third-order valence-electron chi connectivity index (χ3n) is 1.98. The van der Waals surface area contributed by atoms with Crippen LogP contribution < -0.4 is 11.3 Å². The molecule has 96 valence electrons. The lowest BCUT2D eigenvalue weighted by atomic mass is 10.4. The quantitative estimate of drug-likeness (QED) is 0.650. The van der Waals surface area contributed by atoms with Gasteiger partial charge in [0, 0.05) is 12.4 Å². The van der Waals surface area contributed by atoms with Crippen molar-refractivity contribution in [2.75, 3.05) is 5.43 Å². The number of halogens is 4. The molecule has 0 fully saturated rings. The fourth-order valence-electron chi connectivity index (χ4n) is 1.17. The maximum absolute atomic E-state index is 12.4. The van der Waals surface area contributed by atoms with Crippen LogP contribution in [-0.4, -0.2) is 19.7 Å². The van der Waals surface area contributed by atoms with E-state index in [9.17, 15) is 13.2 Å². The fraction of sp³-hybridized carbons (Fsp3) is 0.125. The van der Waals surface area contributed by atoms with Gasteiger partial charge in [-0.1, -0.05) is 0 Å². The summed E-state index contributed by atoms with van der Waals surface area (Å²) in [5.41, 5.74) is 1.33. The minimum atomic E-state index is -4.45. The van der Waals surface area contributed by atoms with Crippen LogP contribution in [0.5, 0.6) is 0 Å². The highest BCUT2D eigenvalue weighted by molar-refractivity contribution is 9.10. The predicted molar refractivity (Wildman–Crippen MR) is 59.7 cm³/mol. The molecule has 0 amide bonds. The van der Waals surface area contributed by atoms with Gasteiger partial charge < -0.3 is 0 Å². The molecule has 10 heteroatoms. The Morgan fingerprint density at radius 1 is 1.33 bits per heavy atom. The smallest absolute Gasteiger partial charge is 0.292 e. The molecular formula is C8H6BrF3N6. The molecule has 2 rings (SSSR count). The van der Waals surface area contributed by atoms with E-state index in [0.717, 1.165) is 10.9 Å². The normalized spacial score (nSPS) is 11.6. The SMILES string of the molecule is NNc1ncc(Br)c(-n2cc(C(F)(F)F)cn2)n1. The van der Waals surface area contributed by atoms with Crippen LogP contribution in [0, 0.1) is 0 Å². The van der Waals surface area contributed by atoms with Crippen molar-refractivity contribution in [3.05, 3.63) is 28.6 Å². The molecule has 2 heterocycles. The number of nitrogen functional groups attached to an aromatic ring is 1. The Hall–Kier alpha value is -1.68. The highest BCUT2D eigenvalue weighted by Crippen LogP contribution is 2.29. The monoisotopic (exact) mass is 322 g/mol. The van der Waals surface area contributed by atoms with Gasteiger partial charge in [0.15, 0.2) is 5.82 Å². The first-order valence-corrected chi connectivity index (χ1v) is 5.32. The third kappa shape index (κ3) is 2.43. The number of hydrogen-bond donors (Lipinski definition) is 2. The highest BCUT2D eigenvalue weighted by Gasteiger charge is 2.32. The number of nitrogens with zero attached hydrogens (tertiary/aromatic N) is 4. The van der Waals surface area contributed by atoms with Crippen LogP contribution >= 0.6 is 15.9 Å². The molecule has 0 unspecified atom stereocenters. The number of hydrazine groups is 1. The first-order valence-electron chi connectivity index (χ1n) is 4.53. The first kappa shape index (κ1) is 12.8. The first-order chi connectivity index (χ1) is 8.41. The van der Waals surface area contributed by atoms with Crippen LogP contribution in [0.1, 0.15) is 5.56 Å². The summed E-state index contributed by atoms with van der Waals surface area (Å²) in [4.78, 5) is 7.68. The molecule has 0 bridgehead atoms. The van der Waals surface area contributed by atoms with Crippen molar-refractivity contribution in [1.29, 1.82) is 0 Å². The minimum absolute atomic E-state index is 0.0669. The lowest BCUT2D eigenvalue weighted by Gasteiger charge is -2.05. The van der Waals surface area contributed by atoms with Crippen molar-refractivity contribution in [3.63, 3.8) is 0 Å². The zero-order valence-corrected chi connectivity index (χ0v) is 10.2. The van der Waals surface area contributed by atoms with Gasteiger partial charge in [-0.15, -0.1) is 0 Å². The van der Waals surface area contributed by atoms with Gasteiger partial charge in [-0.25, -0.2) is 15.5 Å². The molecule has 0 saturated heterocycles. The fourth-order valence-corrected chi connectivity index (χ4v) is 1.55. The van der Waals surface area contributed by atoms with Crippen molar-refractivity contribution in [1.82, 2.24) is 19.7 Å². The molecule has 0 atom stereocenters.